The van der Waals surface area contributed by atoms with E-state index in [1.54, 1.807) is 0 Å². The lowest BCUT2D eigenvalue weighted by atomic mass is 10.2. The molecule has 2 heteroatoms. The van der Waals surface area contributed by atoms with Crippen LogP contribution in [0, 0.1) is 0 Å². The first-order valence-electron chi connectivity index (χ1n) is 3.67. The van der Waals surface area contributed by atoms with Gasteiger partial charge in [0.05, 0.1) is 0 Å². The molecule has 2 rings (SSSR count). The van der Waals surface area contributed by atoms with Crippen molar-refractivity contribution in [3.63, 3.8) is 0 Å². The first kappa shape index (κ1) is 8.02. The highest BCUT2D eigenvalue weighted by Crippen LogP contribution is 2.27. The molecule has 0 aromatic heterocycles. The van der Waals surface area contributed by atoms with E-state index in [-0.39, 0.29) is 0 Å². The van der Waals surface area contributed by atoms with E-state index >= 15 is 0 Å². The van der Waals surface area contributed by atoms with Crippen LogP contribution in [0.15, 0.2) is 46.2 Å². The van der Waals surface area contributed by atoms with Crippen LogP contribution in [0.3, 0.4) is 0 Å². The summed E-state index contributed by atoms with van der Waals surface area (Å²) in [6.45, 7) is 0. The molecule has 0 atom stereocenters. The van der Waals surface area contributed by atoms with Gasteiger partial charge in [0, 0.05) is 9.79 Å². The third-order valence-electron chi connectivity index (χ3n) is 1.81. The first-order chi connectivity index (χ1) is 5.75. The summed E-state index contributed by atoms with van der Waals surface area (Å²) in [5, 5.41) is 0. The fraction of sp³-hybridized carbons (Fsp3) is 0. The Labute approximate surface area is 82.8 Å². The molecule has 0 heterocycles. The second kappa shape index (κ2) is 3.04. The van der Waals surface area contributed by atoms with E-state index in [9.17, 15) is 0 Å². The Kier molecular flexibility index (Phi) is 2.03. The van der Waals surface area contributed by atoms with Crippen LogP contribution in [0.25, 0.3) is 11.1 Å². The first-order valence-corrected chi connectivity index (χ1v) is 4.57. The summed E-state index contributed by atoms with van der Waals surface area (Å²) in [5.74, 6) is 0. The maximum Gasteiger partial charge on any atom is 0.00523 e. The topological polar surface area (TPSA) is 0 Å². The van der Waals surface area contributed by atoms with Gasteiger partial charge in [0.1, 0.15) is 0 Å². The molecular weight excluding hydrogens is 184 g/mol. The normalized spacial score (nSPS) is 10.5. The van der Waals surface area contributed by atoms with Crippen LogP contribution in [-0.2, 0) is 0 Å². The molecule has 0 saturated carbocycles. The highest BCUT2D eigenvalue weighted by Gasteiger charge is 2.01. The Morgan fingerprint density at radius 1 is 0.667 bits per heavy atom. The molecule has 60 valence electrons. The Hall–Kier alpha value is -0.600. The predicted octanol–water partition coefficient (Wildman–Crippen LogP) is 3.37. The Balaban J connectivity index is 2.70. The van der Waals surface area contributed by atoms with Crippen LogP contribution in [0.1, 0.15) is 0 Å². The Morgan fingerprint density at radius 3 is 1.67 bits per heavy atom. The molecule has 2 aliphatic carbocycles. The number of rotatable bonds is 0. The van der Waals surface area contributed by atoms with Crippen molar-refractivity contribution in [3.05, 3.63) is 36.4 Å². The smallest absolute Gasteiger partial charge is 0.00523 e. The van der Waals surface area contributed by atoms with Gasteiger partial charge < -0.3 is 0 Å². The number of hydrogen-bond donors (Lipinski definition) is 2. The molecule has 0 fully saturated rings. The zero-order valence-corrected chi connectivity index (χ0v) is 8.15. The van der Waals surface area contributed by atoms with Crippen LogP contribution < -0.4 is 0 Å². The van der Waals surface area contributed by atoms with Crippen molar-refractivity contribution in [2.45, 2.75) is 9.79 Å². The summed E-state index contributed by atoms with van der Waals surface area (Å²) in [6, 6.07) is 12.2. The van der Waals surface area contributed by atoms with Crippen LogP contribution in [-0.4, -0.2) is 0 Å². The van der Waals surface area contributed by atoms with Crippen LogP contribution >= 0.6 is 25.3 Å². The third kappa shape index (κ3) is 1.45. The highest BCUT2D eigenvalue weighted by atomic mass is 32.1. The minimum Gasteiger partial charge on any atom is -0.143 e. The largest absolute Gasteiger partial charge is 0.143 e. The van der Waals surface area contributed by atoms with E-state index in [1.165, 1.54) is 11.1 Å². The molecule has 2 aliphatic rings. The van der Waals surface area contributed by atoms with Gasteiger partial charge in [-0.1, -0.05) is 12.1 Å². The lowest BCUT2D eigenvalue weighted by molar-refractivity contribution is 1.53. The maximum absolute atomic E-state index is 4.27. The molecule has 0 nitrogen and oxygen atoms in total. The van der Waals surface area contributed by atoms with E-state index < -0.39 is 0 Å². The molecule has 0 radical (unpaired) electrons. The summed E-state index contributed by atoms with van der Waals surface area (Å²) in [7, 11) is 0. The molecule has 12 heavy (non-hydrogen) atoms. The van der Waals surface area contributed by atoms with E-state index in [2.05, 4.69) is 37.4 Å². The maximum atomic E-state index is 4.27. The van der Waals surface area contributed by atoms with E-state index in [1.807, 2.05) is 24.3 Å². The van der Waals surface area contributed by atoms with Gasteiger partial charge >= 0.3 is 0 Å². The van der Waals surface area contributed by atoms with Crippen molar-refractivity contribution in [2.24, 2.45) is 0 Å². The number of thiol groups is 2. The average molecular weight is 192 g/mol. The van der Waals surface area contributed by atoms with Crippen molar-refractivity contribution in [3.8, 4) is 11.1 Å². The molecule has 0 unspecified atom stereocenters. The van der Waals surface area contributed by atoms with Crippen molar-refractivity contribution in [1.29, 1.82) is 0 Å². The zero-order chi connectivity index (χ0) is 8.55. The number of fused-ring (bicyclic) bond motifs is 1. The van der Waals surface area contributed by atoms with Crippen LogP contribution in [0.2, 0.25) is 0 Å². The number of hydrogen-bond acceptors (Lipinski definition) is 2. The van der Waals surface area contributed by atoms with Gasteiger partial charge in [-0.15, -0.1) is 25.3 Å². The van der Waals surface area contributed by atoms with Gasteiger partial charge in [0.15, 0.2) is 0 Å². The van der Waals surface area contributed by atoms with Crippen molar-refractivity contribution >= 4 is 25.3 Å². The lowest BCUT2D eigenvalue weighted by Gasteiger charge is -1.85. The Morgan fingerprint density at radius 2 is 1.17 bits per heavy atom. The summed E-state index contributed by atoms with van der Waals surface area (Å²) in [4.78, 5) is 1.99. The third-order valence-corrected chi connectivity index (χ3v) is 2.36. The predicted molar refractivity (Wildman–Crippen MR) is 57.6 cm³/mol. The zero-order valence-electron chi connectivity index (χ0n) is 6.36. The van der Waals surface area contributed by atoms with Gasteiger partial charge in [-0.2, -0.15) is 0 Å². The average Bonchev–Trinajstić information content (AvgIpc) is 2.31. The molecular formula is C10H8S2. The van der Waals surface area contributed by atoms with Gasteiger partial charge in [-0.3, -0.25) is 0 Å². The van der Waals surface area contributed by atoms with Crippen LogP contribution in [0.4, 0.5) is 0 Å². The van der Waals surface area contributed by atoms with Gasteiger partial charge in [-0.05, 0) is 35.4 Å². The van der Waals surface area contributed by atoms with Crippen molar-refractivity contribution in [2.75, 3.05) is 0 Å². The minimum atomic E-state index is 0.979. The molecule has 0 aliphatic heterocycles. The SMILES string of the molecule is Sc1ccc2cc(S)cc-2cc1. The monoisotopic (exact) mass is 192 g/mol. The second-order valence-corrected chi connectivity index (χ2v) is 3.75. The highest BCUT2D eigenvalue weighted by molar-refractivity contribution is 7.80. The van der Waals surface area contributed by atoms with Gasteiger partial charge in [-0.25, -0.2) is 0 Å². The van der Waals surface area contributed by atoms with E-state index in [4.69, 9.17) is 0 Å². The van der Waals surface area contributed by atoms with Crippen molar-refractivity contribution < 1.29 is 0 Å². The fourth-order valence-electron chi connectivity index (χ4n) is 1.22. The summed E-state index contributed by atoms with van der Waals surface area (Å²) >= 11 is 8.53. The molecule has 0 N–H and O–H groups in total. The van der Waals surface area contributed by atoms with Gasteiger partial charge in [0.2, 0.25) is 0 Å². The quantitative estimate of drug-likeness (QED) is 0.587. The van der Waals surface area contributed by atoms with Crippen molar-refractivity contribution in [1.82, 2.24) is 0 Å². The van der Waals surface area contributed by atoms with E-state index in [0.29, 0.717) is 0 Å². The lowest BCUT2D eigenvalue weighted by Crippen LogP contribution is -1.59. The molecule has 0 amide bonds. The van der Waals surface area contributed by atoms with Crippen LogP contribution in [0.5, 0.6) is 0 Å². The fourth-order valence-corrected chi connectivity index (χ4v) is 1.65. The Bertz CT molecular complexity index is 348. The molecule has 0 spiro atoms. The van der Waals surface area contributed by atoms with E-state index in [0.717, 1.165) is 9.79 Å². The second-order valence-electron chi connectivity index (χ2n) is 2.72. The molecule has 0 saturated heterocycles. The van der Waals surface area contributed by atoms with Gasteiger partial charge in [0.25, 0.3) is 0 Å². The molecule has 0 bridgehead atoms. The summed E-state index contributed by atoms with van der Waals surface area (Å²) in [5.41, 5.74) is 2.42. The molecule has 0 aromatic rings. The summed E-state index contributed by atoms with van der Waals surface area (Å²) < 4.78 is 0. The molecule has 0 aromatic carbocycles. The standard InChI is InChI=1S/C10H8S2/c11-9-3-1-7-5-10(12)6-8(7)2-4-9/h1-6,11-12H. The minimum absolute atomic E-state index is 0.979. The summed E-state index contributed by atoms with van der Waals surface area (Å²) in [6.07, 6.45) is 0.